The highest BCUT2D eigenvalue weighted by molar-refractivity contribution is 5.52. The molecule has 1 atom stereocenters. The minimum atomic E-state index is -4.59. The van der Waals surface area contributed by atoms with E-state index in [4.69, 9.17) is 4.74 Å². The van der Waals surface area contributed by atoms with Crippen molar-refractivity contribution in [2.24, 2.45) is 5.92 Å². The van der Waals surface area contributed by atoms with Gasteiger partial charge in [-0.05, 0) is 65.8 Å². The lowest BCUT2D eigenvalue weighted by atomic mass is 10.0. The lowest BCUT2D eigenvalue weighted by Crippen LogP contribution is -2.34. The first-order chi connectivity index (χ1) is 17.9. The number of anilines is 1. The van der Waals surface area contributed by atoms with Crippen molar-refractivity contribution in [2.75, 3.05) is 11.4 Å². The van der Waals surface area contributed by atoms with E-state index in [1.807, 2.05) is 67.3 Å². The molecule has 0 amide bonds. The summed E-state index contributed by atoms with van der Waals surface area (Å²) in [5, 5.41) is 10.7. The molecule has 206 valence electrons. The van der Waals surface area contributed by atoms with E-state index in [1.165, 1.54) is 18.2 Å². The number of aliphatic hydroxyl groups is 1. The topological polar surface area (TPSA) is 41.9 Å². The SMILES string of the molecule is CC(C)CC(O)CN(Cc1cccc(OC(F)(F)C(F)F)c1)c1cccc(Oc2cccc(C(C)C)c2)c1. The maximum atomic E-state index is 13.4. The van der Waals surface area contributed by atoms with Crippen molar-refractivity contribution >= 4 is 5.69 Å². The zero-order valence-electron chi connectivity index (χ0n) is 22.1. The van der Waals surface area contributed by atoms with Gasteiger partial charge in [0.1, 0.15) is 17.2 Å². The second-order valence-electron chi connectivity index (χ2n) is 10.1. The third-order valence-electron chi connectivity index (χ3n) is 5.90. The zero-order chi connectivity index (χ0) is 27.9. The van der Waals surface area contributed by atoms with Crippen LogP contribution in [0.1, 0.15) is 51.2 Å². The van der Waals surface area contributed by atoms with E-state index in [0.29, 0.717) is 29.4 Å². The first kappa shape index (κ1) is 29.3. The van der Waals surface area contributed by atoms with Crippen LogP contribution in [0.3, 0.4) is 0 Å². The van der Waals surface area contributed by atoms with Crippen LogP contribution in [0.5, 0.6) is 17.2 Å². The molecule has 0 aliphatic heterocycles. The van der Waals surface area contributed by atoms with Crippen molar-refractivity contribution < 1.29 is 32.1 Å². The molecule has 3 rings (SSSR count). The summed E-state index contributed by atoms with van der Waals surface area (Å²) in [6.07, 6.45) is -8.62. The average Bonchev–Trinajstić information content (AvgIpc) is 2.83. The van der Waals surface area contributed by atoms with Gasteiger partial charge in [-0.3, -0.25) is 0 Å². The van der Waals surface area contributed by atoms with E-state index in [-0.39, 0.29) is 24.8 Å². The summed E-state index contributed by atoms with van der Waals surface area (Å²) < 4.78 is 62.5. The molecule has 0 radical (unpaired) electrons. The van der Waals surface area contributed by atoms with Crippen LogP contribution in [0, 0.1) is 5.92 Å². The molecular weight excluding hydrogens is 498 g/mol. The minimum Gasteiger partial charge on any atom is -0.457 e. The van der Waals surface area contributed by atoms with Crippen molar-refractivity contribution in [3.8, 4) is 17.2 Å². The molecule has 0 aliphatic carbocycles. The lowest BCUT2D eigenvalue weighted by Gasteiger charge is -2.29. The minimum absolute atomic E-state index is 0.221. The molecule has 0 saturated carbocycles. The van der Waals surface area contributed by atoms with E-state index in [9.17, 15) is 22.7 Å². The number of aliphatic hydroxyl groups excluding tert-OH is 1. The van der Waals surface area contributed by atoms with Crippen LogP contribution in [-0.2, 0) is 6.54 Å². The van der Waals surface area contributed by atoms with E-state index in [0.717, 1.165) is 11.3 Å². The van der Waals surface area contributed by atoms with Crippen LogP contribution in [0.4, 0.5) is 23.2 Å². The van der Waals surface area contributed by atoms with Crippen LogP contribution >= 0.6 is 0 Å². The molecule has 0 saturated heterocycles. The quantitative estimate of drug-likeness (QED) is 0.225. The van der Waals surface area contributed by atoms with Crippen LogP contribution in [-0.4, -0.2) is 30.3 Å². The highest BCUT2D eigenvalue weighted by Crippen LogP contribution is 2.31. The summed E-state index contributed by atoms with van der Waals surface area (Å²) in [6, 6.07) is 20.9. The fourth-order valence-electron chi connectivity index (χ4n) is 4.08. The number of nitrogens with zero attached hydrogens (tertiary/aromatic N) is 1. The molecule has 0 spiro atoms. The summed E-state index contributed by atoms with van der Waals surface area (Å²) in [6.45, 7) is 8.72. The van der Waals surface area contributed by atoms with Crippen LogP contribution < -0.4 is 14.4 Å². The van der Waals surface area contributed by atoms with Gasteiger partial charge in [-0.2, -0.15) is 17.6 Å². The number of rotatable bonds is 13. The highest BCUT2D eigenvalue weighted by Gasteiger charge is 2.44. The second-order valence-corrected chi connectivity index (χ2v) is 10.1. The van der Waals surface area contributed by atoms with Gasteiger partial charge in [-0.1, -0.05) is 58.0 Å². The van der Waals surface area contributed by atoms with Gasteiger partial charge in [-0.15, -0.1) is 0 Å². The van der Waals surface area contributed by atoms with Crippen LogP contribution in [0.2, 0.25) is 0 Å². The summed E-state index contributed by atoms with van der Waals surface area (Å²) in [4.78, 5) is 1.90. The van der Waals surface area contributed by atoms with Gasteiger partial charge >= 0.3 is 12.5 Å². The standard InChI is InChI=1S/C30H35F4NO3/c1-20(2)14-25(36)19-35(18-22-8-5-13-28(15-22)38-30(33,34)29(31)32)24-10-7-12-27(17-24)37-26-11-6-9-23(16-26)21(3)4/h5-13,15-17,20-21,25,29,36H,14,18-19H2,1-4H3. The van der Waals surface area contributed by atoms with Gasteiger partial charge in [0.2, 0.25) is 0 Å². The predicted molar refractivity (Wildman–Crippen MR) is 142 cm³/mol. The van der Waals surface area contributed by atoms with Crippen molar-refractivity contribution in [3.05, 3.63) is 83.9 Å². The molecule has 0 aromatic heterocycles. The third-order valence-corrected chi connectivity index (χ3v) is 5.90. The summed E-state index contributed by atoms with van der Waals surface area (Å²) in [5.41, 5.74) is 2.45. The average molecular weight is 534 g/mol. The van der Waals surface area contributed by atoms with Crippen LogP contribution in [0.25, 0.3) is 0 Å². The maximum Gasteiger partial charge on any atom is 0.461 e. The molecule has 3 aromatic carbocycles. The normalized spacial score (nSPS) is 12.7. The molecule has 0 aliphatic rings. The van der Waals surface area contributed by atoms with E-state index < -0.39 is 18.6 Å². The van der Waals surface area contributed by atoms with E-state index in [1.54, 1.807) is 6.07 Å². The Hall–Kier alpha value is -3.26. The lowest BCUT2D eigenvalue weighted by molar-refractivity contribution is -0.253. The molecule has 1 N–H and O–H groups in total. The number of alkyl halides is 4. The Morgan fingerprint density at radius 1 is 0.842 bits per heavy atom. The monoisotopic (exact) mass is 533 g/mol. The van der Waals surface area contributed by atoms with Gasteiger partial charge in [0, 0.05) is 24.8 Å². The maximum absolute atomic E-state index is 13.4. The van der Waals surface area contributed by atoms with Crippen LogP contribution in [0.15, 0.2) is 72.8 Å². The molecule has 3 aromatic rings. The first-order valence-electron chi connectivity index (χ1n) is 12.7. The Kier molecular flexibility index (Phi) is 10.0. The van der Waals surface area contributed by atoms with Crippen molar-refractivity contribution in [1.82, 2.24) is 0 Å². The summed E-state index contributed by atoms with van der Waals surface area (Å²) >= 11 is 0. The van der Waals surface area contributed by atoms with Gasteiger partial charge in [-0.25, -0.2) is 0 Å². The van der Waals surface area contributed by atoms with Crippen molar-refractivity contribution in [1.29, 1.82) is 0 Å². The van der Waals surface area contributed by atoms with Gasteiger partial charge < -0.3 is 19.5 Å². The number of hydrogen-bond donors (Lipinski definition) is 1. The van der Waals surface area contributed by atoms with Crippen molar-refractivity contribution in [3.63, 3.8) is 0 Å². The Morgan fingerprint density at radius 2 is 1.47 bits per heavy atom. The Bertz CT molecular complexity index is 1170. The Balaban J connectivity index is 1.86. The number of halogens is 4. The van der Waals surface area contributed by atoms with E-state index >= 15 is 0 Å². The van der Waals surface area contributed by atoms with E-state index in [2.05, 4.69) is 18.6 Å². The number of ether oxygens (including phenoxy) is 2. The zero-order valence-corrected chi connectivity index (χ0v) is 22.1. The van der Waals surface area contributed by atoms with Gasteiger partial charge in [0.15, 0.2) is 0 Å². The molecule has 8 heteroatoms. The fraction of sp³-hybridized carbons (Fsp3) is 0.400. The molecular formula is C30H35F4NO3. The molecule has 0 heterocycles. The molecule has 38 heavy (non-hydrogen) atoms. The largest absolute Gasteiger partial charge is 0.461 e. The third kappa shape index (κ3) is 8.65. The first-order valence-corrected chi connectivity index (χ1v) is 12.7. The predicted octanol–water partition coefficient (Wildman–Crippen LogP) is 8.25. The second kappa shape index (κ2) is 13.0. The number of benzene rings is 3. The highest BCUT2D eigenvalue weighted by atomic mass is 19.3. The Morgan fingerprint density at radius 3 is 2.13 bits per heavy atom. The van der Waals surface area contributed by atoms with Crippen molar-refractivity contribution in [2.45, 2.75) is 65.2 Å². The smallest absolute Gasteiger partial charge is 0.457 e. The Labute approximate surface area is 221 Å². The molecule has 4 nitrogen and oxygen atoms in total. The molecule has 0 bridgehead atoms. The van der Waals surface area contributed by atoms with Gasteiger partial charge in [0.25, 0.3) is 0 Å². The fourth-order valence-corrected chi connectivity index (χ4v) is 4.08. The number of hydrogen-bond acceptors (Lipinski definition) is 4. The van der Waals surface area contributed by atoms with Gasteiger partial charge in [0.05, 0.1) is 6.10 Å². The molecule has 1 unspecified atom stereocenters. The molecule has 0 fully saturated rings. The summed E-state index contributed by atoms with van der Waals surface area (Å²) in [7, 11) is 0. The summed E-state index contributed by atoms with van der Waals surface area (Å²) in [5.74, 6) is 1.55.